The van der Waals surface area contributed by atoms with E-state index >= 15 is 0 Å². The zero-order chi connectivity index (χ0) is 26.5. The molecule has 0 bridgehead atoms. The lowest BCUT2D eigenvalue weighted by atomic mass is 10.00. The Morgan fingerprint density at radius 2 is 1.63 bits per heavy atom. The van der Waals surface area contributed by atoms with Gasteiger partial charge in [-0.15, -0.1) is 21.5 Å². The second-order valence-corrected chi connectivity index (χ2v) is 9.37. The number of nitrogens with zero attached hydrogens (tertiary/aromatic N) is 4. The Kier molecular flexibility index (Phi) is 13.5. The maximum Gasteiger partial charge on any atom is 0.303 e. The fraction of sp³-hybridized carbons (Fsp3) is 0.481. The summed E-state index contributed by atoms with van der Waals surface area (Å²) in [5.74, 6) is 1.04. The van der Waals surface area contributed by atoms with Gasteiger partial charge in [0.1, 0.15) is 17.4 Å². The van der Waals surface area contributed by atoms with Gasteiger partial charge < -0.3 is 5.11 Å². The molecule has 0 atom stereocenters. The van der Waals surface area contributed by atoms with Gasteiger partial charge in [0.25, 0.3) is 0 Å². The van der Waals surface area contributed by atoms with Crippen molar-refractivity contribution in [1.82, 2.24) is 14.8 Å². The monoisotopic (exact) mass is 518 g/mol. The zero-order valence-corrected chi connectivity index (χ0v) is 23.8. The molecule has 192 valence electrons. The minimum absolute atomic E-state index is 0.222. The molecule has 6 nitrogen and oxygen atoms in total. The molecular weight excluding hydrogens is 480 g/mol. The minimum atomic E-state index is -0.745. The highest BCUT2D eigenvalue weighted by Crippen LogP contribution is 2.36. The van der Waals surface area contributed by atoms with Gasteiger partial charge in [-0.05, 0) is 38.5 Å². The summed E-state index contributed by atoms with van der Waals surface area (Å²) in [7, 11) is 0. The Bertz CT molecular complexity index is 1100. The van der Waals surface area contributed by atoms with Crippen LogP contribution in [0.1, 0.15) is 93.5 Å². The van der Waals surface area contributed by atoms with Gasteiger partial charge in [-0.2, -0.15) is 0 Å². The molecule has 0 unspecified atom stereocenters. The lowest BCUT2D eigenvalue weighted by Gasteiger charge is -2.09. The molecule has 3 aromatic rings. The van der Waals surface area contributed by atoms with Crippen LogP contribution in [-0.2, 0) is 11.3 Å². The van der Waals surface area contributed by atoms with Crippen molar-refractivity contribution in [3.8, 4) is 5.00 Å². The van der Waals surface area contributed by atoms with Crippen molar-refractivity contribution in [2.75, 3.05) is 0 Å². The van der Waals surface area contributed by atoms with Gasteiger partial charge in [0.15, 0.2) is 5.82 Å². The number of aliphatic imine (C=N–C) groups is 1. The molecule has 0 radical (unpaired) electrons. The molecule has 1 aliphatic rings. The van der Waals surface area contributed by atoms with Crippen LogP contribution in [0.4, 0.5) is 0 Å². The van der Waals surface area contributed by atoms with Crippen LogP contribution in [0.25, 0.3) is 5.00 Å². The maximum atomic E-state index is 9.37. The van der Waals surface area contributed by atoms with Gasteiger partial charge in [-0.1, -0.05) is 77.6 Å². The fourth-order valence-electron chi connectivity index (χ4n) is 3.24. The summed E-state index contributed by atoms with van der Waals surface area (Å²) >= 11 is 7.80. The lowest BCUT2D eigenvalue weighted by molar-refractivity contribution is -0.136. The van der Waals surface area contributed by atoms with Crippen LogP contribution in [0.15, 0.2) is 29.3 Å². The first-order valence-electron chi connectivity index (χ1n) is 12.3. The summed E-state index contributed by atoms with van der Waals surface area (Å²) in [4.78, 5) is 15.5. The van der Waals surface area contributed by atoms with E-state index < -0.39 is 5.97 Å². The van der Waals surface area contributed by atoms with E-state index in [2.05, 4.69) is 42.5 Å². The number of hydrogen-bond acceptors (Lipinski definition) is 5. The number of halogens is 1. The number of aryl methyl sites for hydroxylation is 2. The summed E-state index contributed by atoms with van der Waals surface area (Å²) in [6.45, 7) is 16.8. The first kappa shape index (κ1) is 30.5. The molecule has 1 aromatic carbocycles. The summed E-state index contributed by atoms with van der Waals surface area (Å²) in [5, 5.41) is 18.1. The summed E-state index contributed by atoms with van der Waals surface area (Å²) in [5.41, 5.74) is 4.52. The second kappa shape index (κ2) is 15.5. The topological polar surface area (TPSA) is 80.4 Å². The molecule has 8 heteroatoms. The first-order chi connectivity index (χ1) is 16.7. The highest BCUT2D eigenvalue weighted by molar-refractivity contribution is 7.15. The predicted octanol–water partition coefficient (Wildman–Crippen LogP) is 7.96. The standard InChI is InChI=1S/C17H15ClN4S.C5H12.C3H6O2.C2H6/c1-9-10(2)23-17-15(9)16(12-4-6-13(18)7-5-12)19-8-14-21-20-11(3)22(14)17;1-3-5-4-2;1-2-3(4)5;1-2/h4-7H,8H2,1-3H3;3-5H2,1-2H3;2H2,1H3,(H,4,5);1-2H3. The van der Waals surface area contributed by atoms with E-state index in [0.717, 1.165) is 32.9 Å². The van der Waals surface area contributed by atoms with Crippen molar-refractivity contribution in [1.29, 1.82) is 0 Å². The molecule has 3 heterocycles. The number of unbranched alkanes of at least 4 members (excludes halogenated alkanes) is 2. The van der Waals surface area contributed by atoms with E-state index in [-0.39, 0.29) is 6.42 Å². The second-order valence-electron chi connectivity index (χ2n) is 7.73. The molecule has 0 aliphatic carbocycles. The number of thiophene rings is 1. The quantitative estimate of drug-likeness (QED) is 0.379. The summed E-state index contributed by atoms with van der Waals surface area (Å²) < 4.78 is 2.13. The van der Waals surface area contributed by atoms with Crippen molar-refractivity contribution < 1.29 is 9.90 Å². The molecule has 1 aliphatic heterocycles. The Morgan fingerprint density at radius 1 is 1.06 bits per heavy atom. The van der Waals surface area contributed by atoms with Gasteiger partial charge in [0.2, 0.25) is 0 Å². The fourth-order valence-corrected chi connectivity index (χ4v) is 4.60. The number of fused-ring (bicyclic) bond motifs is 3. The number of carboxylic acids is 1. The van der Waals surface area contributed by atoms with Crippen LogP contribution in [0.3, 0.4) is 0 Å². The van der Waals surface area contributed by atoms with E-state index in [4.69, 9.17) is 21.7 Å². The van der Waals surface area contributed by atoms with Gasteiger partial charge in [-0.3, -0.25) is 14.4 Å². The molecule has 0 saturated heterocycles. The van der Waals surface area contributed by atoms with Crippen LogP contribution in [0.2, 0.25) is 5.02 Å². The third-order valence-corrected chi connectivity index (χ3v) is 6.65. The largest absolute Gasteiger partial charge is 0.481 e. The van der Waals surface area contributed by atoms with Crippen LogP contribution in [-0.4, -0.2) is 31.6 Å². The van der Waals surface area contributed by atoms with Crippen LogP contribution in [0.5, 0.6) is 0 Å². The number of benzene rings is 1. The maximum absolute atomic E-state index is 9.37. The number of carboxylic acid groups (broad SMARTS) is 1. The van der Waals surface area contributed by atoms with E-state index in [1.54, 1.807) is 18.3 Å². The van der Waals surface area contributed by atoms with Crippen LogP contribution >= 0.6 is 22.9 Å². The third-order valence-electron chi connectivity index (χ3n) is 5.20. The highest BCUT2D eigenvalue weighted by atomic mass is 35.5. The summed E-state index contributed by atoms with van der Waals surface area (Å²) in [6, 6.07) is 7.86. The van der Waals surface area contributed by atoms with Crippen molar-refractivity contribution in [2.45, 2.75) is 87.6 Å². The Labute approximate surface area is 219 Å². The molecule has 2 aromatic heterocycles. The van der Waals surface area contributed by atoms with Crippen molar-refractivity contribution in [3.63, 3.8) is 0 Å². The highest BCUT2D eigenvalue weighted by Gasteiger charge is 2.26. The number of rotatable bonds is 4. The molecule has 35 heavy (non-hydrogen) atoms. The van der Waals surface area contributed by atoms with Gasteiger partial charge >= 0.3 is 5.97 Å². The molecule has 0 amide bonds. The Hall–Kier alpha value is -2.51. The van der Waals surface area contributed by atoms with Crippen molar-refractivity contribution in [2.24, 2.45) is 4.99 Å². The summed E-state index contributed by atoms with van der Waals surface area (Å²) in [6.07, 6.45) is 4.30. The minimum Gasteiger partial charge on any atom is -0.481 e. The van der Waals surface area contributed by atoms with Gasteiger partial charge in [-0.25, -0.2) is 0 Å². The SMILES string of the molecule is CC.CCC(=O)O.CCCCC.Cc1sc2c(c1C)C(c1ccc(Cl)cc1)=NCc1nnc(C)n1-2. The predicted molar refractivity (Wildman–Crippen MR) is 149 cm³/mol. The van der Waals surface area contributed by atoms with E-state index in [1.165, 1.54) is 35.3 Å². The average molecular weight is 519 g/mol. The Morgan fingerprint density at radius 3 is 2.11 bits per heavy atom. The molecular formula is C27H39ClN4O2S. The number of carbonyl (C=O) groups is 1. The Balaban J connectivity index is 0.000000431. The molecule has 0 fully saturated rings. The van der Waals surface area contributed by atoms with Crippen molar-refractivity contribution >= 4 is 34.6 Å². The molecule has 4 rings (SSSR count). The molecule has 0 spiro atoms. The van der Waals surface area contributed by atoms with Gasteiger partial charge in [0.05, 0.1) is 5.71 Å². The third kappa shape index (κ3) is 8.29. The van der Waals surface area contributed by atoms with E-state index in [9.17, 15) is 4.79 Å². The number of aliphatic carboxylic acids is 1. The van der Waals surface area contributed by atoms with Crippen molar-refractivity contribution in [3.05, 3.63) is 62.5 Å². The van der Waals surface area contributed by atoms with E-state index in [1.807, 2.05) is 45.0 Å². The smallest absolute Gasteiger partial charge is 0.303 e. The molecule has 1 N–H and O–H groups in total. The van der Waals surface area contributed by atoms with Gasteiger partial charge in [0, 0.05) is 27.4 Å². The van der Waals surface area contributed by atoms with Crippen LogP contribution < -0.4 is 0 Å². The van der Waals surface area contributed by atoms with E-state index in [0.29, 0.717) is 6.54 Å². The normalized spacial score (nSPS) is 11.2. The first-order valence-corrected chi connectivity index (χ1v) is 13.5. The number of hydrogen-bond donors (Lipinski definition) is 1. The average Bonchev–Trinajstić information content (AvgIpc) is 3.30. The van der Waals surface area contributed by atoms with Crippen LogP contribution in [0, 0.1) is 20.8 Å². The lowest BCUT2D eigenvalue weighted by Crippen LogP contribution is -2.07. The molecule has 0 saturated carbocycles. The zero-order valence-electron chi connectivity index (χ0n) is 22.3. The number of aromatic nitrogens is 3.